The second-order valence-electron chi connectivity index (χ2n) is 4.24. The van der Waals surface area contributed by atoms with Crippen molar-refractivity contribution in [3.05, 3.63) is 37.4 Å². The van der Waals surface area contributed by atoms with Gasteiger partial charge in [-0.1, -0.05) is 12.1 Å². The summed E-state index contributed by atoms with van der Waals surface area (Å²) in [4.78, 5) is 11.9. The fourth-order valence-corrected chi connectivity index (χ4v) is 3.83. The van der Waals surface area contributed by atoms with Crippen molar-refractivity contribution >= 4 is 5.97 Å². The Morgan fingerprint density at radius 1 is 1.26 bits per heavy atom. The largest absolute Gasteiger partial charge is 0.492 e. The number of aliphatic hydroxyl groups is 1. The van der Waals surface area contributed by atoms with Crippen LogP contribution in [-0.2, 0) is 14.3 Å². The Morgan fingerprint density at radius 2 is 1.95 bits per heavy atom. The van der Waals surface area contributed by atoms with Crippen LogP contribution in [0.3, 0.4) is 0 Å². The SMILES string of the molecule is COc1ccccc1[I+]C1=C(O)OC(C)(C)OC1=O. The van der Waals surface area contributed by atoms with E-state index in [9.17, 15) is 9.90 Å². The standard InChI is InChI=1S/C13H13IO5/c1-13(2)18-11(15)10(12(16)19-13)14-8-6-4-5-7-9(8)17-3/h4-7H,1-3H3/p+1. The number of carbonyl (C=O) groups is 1. The number of para-hydroxylation sites is 1. The van der Waals surface area contributed by atoms with Gasteiger partial charge < -0.3 is 19.3 Å². The first-order chi connectivity index (χ1) is 8.93. The molecule has 0 fully saturated rings. The van der Waals surface area contributed by atoms with E-state index in [4.69, 9.17) is 14.2 Å². The molecule has 2 rings (SSSR count). The van der Waals surface area contributed by atoms with Gasteiger partial charge in [-0.3, -0.25) is 0 Å². The van der Waals surface area contributed by atoms with Crippen LogP contribution in [0, 0.1) is 3.57 Å². The van der Waals surface area contributed by atoms with Gasteiger partial charge in [0, 0.05) is 13.8 Å². The summed E-state index contributed by atoms with van der Waals surface area (Å²) in [7, 11) is 1.57. The zero-order chi connectivity index (χ0) is 14.0. The van der Waals surface area contributed by atoms with E-state index in [1.54, 1.807) is 21.0 Å². The molecule has 0 aliphatic carbocycles. The maximum absolute atomic E-state index is 11.9. The van der Waals surface area contributed by atoms with Crippen LogP contribution in [0.4, 0.5) is 0 Å². The Morgan fingerprint density at radius 3 is 2.58 bits per heavy atom. The lowest BCUT2D eigenvalue weighted by Crippen LogP contribution is -3.61. The van der Waals surface area contributed by atoms with E-state index in [0.29, 0.717) is 5.75 Å². The van der Waals surface area contributed by atoms with Crippen LogP contribution < -0.4 is 25.9 Å². The minimum absolute atomic E-state index is 0.197. The van der Waals surface area contributed by atoms with Crippen molar-refractivity contribution in [2.45, 2.75) is 19.6 Å². The maximum Gasteiger partial charge on any atom is 0.396 e. The van der Waals surface area contributed by atoms with Crippen LogP contribution in [0.25, 0.3) is 0 Å². The lowest BCUT2D eigenvalue weighted by molar-refractivity contribution is -0.579. The summed E-state index contributed by atoms with van der Waals surface area (Å²) in [6.45, 7) is 3.14. The molecule has 0 radical (unpaired) electrons. The molecule has 5 nitrogen and oxygen atoms in total. The Balaban J connectivity index is 2.30. The van der Waals surface area contributed by atoms with E-state index in [1.807, 2.05) is 24.3 Å². The number of hydrogen-bond donors (Lipinski definition) is 1. The number of rotatable bonds is 3. The van der Waals surface area contributed by atoms with Gasteiger partial charge in [0.15, 0.2) is 5.75 Å². The fraction of sp³-hybridized carbons (Fsp3) is 0.308. The molecule has 1 heterocycles. The van der Waals surface area contributed by atoms with E-state index in [2.05, 4.69) is 0 Å². The highest BCUT2D eigenvalue weighted by Gasteiger charge is 2.45. The van der Waals surface area contributed by atoms with Crippen molar-refractivity contribution in [2.75, 3.05) is 7.11 Å². The Hall–Kier alpha value is -1.44. The predicted octanol–water partition coefficient (Wildman–Crippen LogP) is -1.01. The van der Waals surface area contributed by atoms with Crippen LogP contribution in [0.5, 0.6) is 5.75 Å². The number of benzene rings is 1. The fourth-order valence-electron chi connectivity index (χ4n) is 1.52. The first-order valence-corrected chi connectivity index (χ1v) is 7.72. The first kappa shape index (κ1) is 14.0. The number of halogens is 1. The molecule has 0 spiro atoms. The van der Waals surface area contributed by atoms with Crippen LogP contribution in [0.2, 0.25) is 0 Å². The normalized spacial score (nSPS) is 17.7. The van der Waals surface area contributed by atoms with Crippen molar-refractivity contribution in [3.63, 3.8) is 0 Å². The molecule has 0 bridgehead atoms. The molecule has 0 amide bonds. The monoisotopic (exact) mass is 377 g/mol. The average Bonchev–Trinajstić information content (AvgIpc) is 2.33. The molecule has 0 saturated heterocycles. The average molecular weight is 377 g/mol. The molecule has 19 heavy (non-hydrogen) atoms. The van der Waals surface area contributed by atoms with Crippen LogP contribution in [-0.4, -0.2) is 24.0 Å². The van der Waals surface area contributed by atoms with E-state index in [0.717, 1.165) is 3.57 Å². The van der Waals surface area contributed by atoms with Gasteiger partial charge in [0.2, 0.25) is 3.57 Å². The maximum atomic E-state index is 11.9. The number of carbonyl (C=O) groups excluding carboxylic acids is 1. The second-order valence-corrected chi connectivity index (χ2v) is 7.02. The Labute approximate surface area is 121 Å². The molecular weight excluding hydrogens is 363 g/mol. The highest BCUT2D eigenvalue weighted by molar-refractivity contribution is 5.86. The molecule has 1 N–H and O–H groups in total. The minimum Gasteiger partial charge on any atom is -0.492 e. The lowest BCUT2D eigenvalue weighted by Gasteiger charge is -2.27. The zero-order valence-corrected chi connectivity index (χ0v) is 12.9. The first-order valence-electron chi connectivity index (χ1n) is 5.56. The summed E-state index contributed by atoms with van der Waals surface area (Å²) in [5, 5.41) is 9.84. The molecule has 1 aliphatic rings. The van der Waals surface area contributed by atoms with E-state index < -0.39 is 33.0 Å². The smallest absolute Gasteiger partial charge is 0.396 e. The molecule has 1 aromatic carbocycles. The van der Waals surface area contributed by atoms with Gasteiger partial charge >= 0.3 is 36.7 Å². The van der Waals surface area contributed by atoms with Gasteiger partial charge in [0.05, 0.1) is 7.11 Å². The third-order valence-electron chi connectivity index (χ3n) is 2.30. The lowest BCUT2D eigenvalue weighted by atomic mass is 10.3. The van der Waals surface area contributed by atoms with Crippen molar-refractivity contribution in [1.29, 1.82) is 0 Å². The van der Waals surface area contributed by atoms with Crippen molar-refractivity contribution in [2.24, 2.45) is 0 Å². The van der Waals surface area contributed by atoms with Crippen LogP contribution in [0.15, 0.2) is 33.8 Å². The molecular formula is C13H14IO5+. The quantitative estimate of drug-likeness (QED) is 0.541. The third-order valence-corrected chi connectivity index (χ3v) is 5.21. The summed E-state index contributed by atoms with van der Waals surface area (Å²) < 4.78 is 16.6. The molecule has 102 valence electrons. The highest BCUT2D eigenvalue weighted by atomic mass is 127. The molecule has 1 aromatic rings. The molecule has 6 heteroatoms. The topological polar surface area (TPSA) is 65.0 Å². The van der Waals surface area contributed by atoms with Gasteiger partial charge in [-0.2, -0.15) is 0 Å². The van der Waals surface area contributed by atoms with Crippen LogP contribution >= 0.6 is 0 Å². The molecule has 0 unspecified atom stereocenters. The van der Waals surface area contributed by atoms with Crippen molar-refractivity contribution in [3.8, 4) is 5.75 Å². The summed E-state index contributed by atoms with van der Waals surface area (Å²) in [5.41, 5.74) is 0. The molecule has 1 aliphatic heterocycles. The summed E-state index contributed by atoms with van der Waals surface area (Å²) in [6, 6.07) is 7.37. The van der Waals surface area contributed by atoms with Gasteiger partial charge in [-0.15, -0.1) is 0 Å². The van der Waals surface area contributed by atoms with Crippen LogP contribution in [0.1, 0.15) is 13.8 Å². The minimum atomic E-state index is -1.13. The molecule has 0 atom stereocenters. The van der Waals surface area contributed by atoms with Gasteiger partial charge in [-0.25, -0.2) is 4.79 Å². The van der Waals surface area contributed by atoms with E-state index in [1.165, 1.54) is 0 Å². The van der Waals surface area contributed by atoms with Crippen molar-refractivity contribution < 1.29 is 45.3 Å². The van der Waals surface area contributed by atoms with Gasteiger partial charge in [0.1, 0.15) is 0 Å². The highest BCUT2D eigenvalue weighted by Crippen LogP contribution is 2.21. The van der Waals surface area contributed by atoms with Gasteiger partial charge in [0.25, 0.3) is 5.79 Å². The summed E-state index contributed by atoms with van der Waals surface area (Å²) >= 11 is -0.940. The third kappa shape index (κ3) is 3.12. The van der Waals surface area contributed by atoms with E-state index in [-0.39, 0.29) is 9.53 Å². The number of hydrogen-bond acceptors (Lipinski definition) is 5. The Bertz CT molecular complexity index is 536. The molecule has 0 saturated carbocycles. The predicted molar refractivity (Wildman–Crippen MR) is 62.6 cm³/mol. The number of ether oxygens (including phenoxy) is 3. The summed E-state index contributed by atoms with van der Waals surface area (Å²) in [6.07, 6.45) is 0. The van der Waals surface area contributed by atoms with Crippen molar-refractivity contribution in [1.82, 2.24) is 0 Å². The number of esters is 1. The second kappa shape index (κ2) is 5.28. The van der Waals surface area contributed by atoms with E-state index >= 15 is 0 Å². The Kier molecular flexibility index (Phi) is 3.88. The number of cyclic esters (lactones) is 1. The summed E-state index contributed by atoms with van der Waals surface area (Å²) in [5.74, 6) is -1.32. The van der Waals surface area contributed by atoms with Gasteiger partial charge in [-0.05, 0) is 12.1 Å². The number of methoxy groups -OCH3 is 1. The number of aliphatic hydroxyl groups excluding tert-OH is 1. The molecule has 0 aromatic heterocycles. The zero-order valence-electron chi connectivity index (χ0n) is 10.8.